The summed E-state index contributed by atoms with van der Waals surface area (Å²) >= 11 is 0. The van der Waals surface area contributed by atoms with E-state index in [1.54, 1.807) is 26.6 Å². The van der Waals surface area contributed by atoms with E-state index in [2.05, 4.69) is 20.8 Å². The third-order valence-electron chi connectivity index (χ3n) is 3.65. The molecule has 0 spiro atoms. The molecule has 0 radical (unpaired) electrons. The van der Waals surface area contributed by atoms with Gasteiger partial charge in [-0.2, -0.15) is 0 Å². The van der Waals surface area contributed by atoms with Crippen LogP contribution < -0.4 is 20.1 Å². The van der Waals surface area contributed by atoms with Crippen LogP contribution in [0.5, 0.6) is 11.5 Å². The monoisotopic (exact) mass is 347 g/mol. The Labute approximate surface area is 147 Å². The number of anilines is 1. The molecule has 1 heterocycles. The quantitative estimate of drug-likeness (QED) is 0.670. The summed E-state index contributed by atoms with van der Waals surface area (Å²) in [7, 11) is 3.21. The number of hydrogen-bond donors (Lipinski definition) is 2. The van der Waals surface area contributed by atoms with Gasteiger partial charge in [-0.15, -0.1) is 10.2 Å². The van der Waals surface area contributed by atoms with Crippen LogP contribution in [0.4, 0.5) is 5.69 Å². The number of benzene rings is 1. The van der Waals surface area contributed by atoms with Gasteiger partial charge < -0.3 is 24.7 Å². The molecule has 0 bridgehead atoms. The topological polar surface area (TPSA) is 90.3 Å². The van der Waals surface area contributed by atoms with Gasteiger partial charge in [0, 0.05) is 43.0 Å². The number of nitrogens with zero attached hydrogens (tertiary/aromatic N) is 3. The molecule has 0 fully saturated rings. The van der Waals surface area contributed by atoms with Crippen LogP contribution in [-0.4, -0.2) is 48.0 Å². The normalized spacial score (nSPS) is 10.6. The van der Waals surface area contributed by atoms with E-state index in [9.17, 15) is 4.79 Å². The summed E-state index contributed by atoms with van der Waals surface area (Å²) in [4.78, 5) is 12.0. The number of nitrogens with one attached hydrogen (secondary N) is 2. The fourth-order valence-electron chi connectivity index (χ4n) is 2.35. The van der Waals surface area contributed by atoms with Crippen molar-refractivity contribution >= 4 is 11.6 Å². The summed E-state index contributed by atoms with van der Waals surface area (Å²) in [6.07, 6.45) is 1.86. The van der Waals surface area contributed by atoms with E-state index < -0.39 is 0 Å². The first-order chi connectivity index (χ1) is 12.0. The van der Waals surface area contributed by atoms with Crippen LogP contribution in [0.3, 0.4) is 0 Å². The van der Waals surface area contributed by atoms with Crippen molar-refractivity contribution in [3.8, 4) is 11.5 Å². The largest absolute Gasteiger partial charge is 0.497 e. The Hall–Kier alpha value is -2.77. The summed E-state index contributed by atoms with van der Waals surface area (Å²) < 4.78 is 12.3. The van der Waals surface area contributed by atoms with E-state index in [4.69, 9.17) is 9.47 Å². The van der Waals surface area contributed by atoms with Crippen molar-refractivity contribution in [2.24, 2.45) is 0 Å². The van der Waals surface area contributed by atoms with E-state index in [0.29, 0.717) is 30.4 Å². The lowest BCUT2D eigenvalue weighted by Crippen LogP contribution is -2.31. The summed E-state index contributed by atoms with van der Waals surface area (Å²) in [6.45, 7) is 5.13. The van der Waals surface area contributed by atoms with Crippen LogP contribution in [0.25, 0.3) is 0 Å². The van der Waals surface area contributed by atoms with Crippen LogP contribution in [0.15, 0.2) is 24.5 Å². The highest BCUT2D eigenvalue weighted by atomic mass is 16.5. The maximum atomic E-state index is 12.0. The molecule has 2 aromatic rings. The Kier molecular flexibility index (Phi) is 6.62. The lowest BCUT2D eigenvalue weighted by molar-refractivity contribution is -0.120. The number of amides is 1. The van der Waals surface area contributed by atoms with Crippen molar-refractivity contribution in [2.75, 3.05) is 32.6 Å². The second-order valence-corrected chi connectivity index (χ2v) is 5.80. The van der Waals surface area contributed by atoms with E-state index in [-0.39, 0.29) is 18.4 Å². The fourth-order valence-corrected chi connectivity index (χ4v) is 2.35. The summed E-state index contributed by atoms with van der Waals surface area (Å²) in [5.41, 5.74) is 0.866. The predicted molar refractivity (Wildman–Crippen MR) is 95.2 cm³/mol. The molecule has 0 aliphatic rings. The van der Waals surface area contributed by atoms with Crippen LogP contribution >= 0.6 is 0 Å². The van der Waals surface area contributed by atoms with Crippen LogP contribution in [-0.2, 0) is 11.2 Å². The van der Waals surface area contributed by atoms with Crippen molar-refractivity contribution in [1.29, 1.82) is 0 Å². The molecule has 0 saturated carbocycles. The average Bonchev–Trinajstić information content (AvgIpc) is 3.06. The Morgan fingerprint density at radius 2 is 1.84 bits per heavy atom. The highest BCUT2D eigenvalue weighted by Crippen LogP contribution is 2.25. The van der Waals surface area contributed by atoms with E-state index in [0.717, 1.165) is 5.69 Å². The average molecular weight is 347 g/mol. The van der Waals surface area contributed by atoms with Crippen molar-refractivity contribution in [3.63, 3.8) is 0 Å². The molecule has 0 aliphatic carbocycles. The van der Waals surface area contributed by atoms with Gasteiger partial charge in [-0.05, 0) is 13.8 Å². The number of hydrogen-bond acceptors (Lipinski definition) is 6. The molecule has 25 heavy (non-hydrogen) atoms. The molecule has 0 unspecified atom stereocenters. The molecule has 0 aliphatic heterocycles. The summed E-state index contributed by atoms with van der Waals surface area (Å²) in [5.74, 6) is 2.00. The number of carbonyl (C=O) groups excluding carboxylic acids is 1. The number of aromatic nitrogens is 3. The minimum atomic E-state index is -0.0834. The highest BCUT2D eigenvalue weighted by Gasteiger charge is 2.11. The zero-order valence-corrected chi connectivity index (χ0v) is 15.1. The predicted octanol–water partition coefficient (Wildman–Crippen LogP) is 1.65. The molecule has 1 amide bonds. The SMILES string of the molecule is COc1cc(NCCNC(=O)Cc2nncn2C(C)C)cc(OC)c1. The summed E-state index contributed by atoms with van der Waals surface area (Å²) in [5, 5.41) is 14.0. The molecule has 2 rings (SSSR count). The summed E-state index contributed by atoms with van der Waals surface area (Å²) in [6, 6.07) is 5.77. The van der Waals surface area contributed by atoms with E-state index in [1.165, 1.54) is 0 Å². The Morgan fingerprint density at radius 3 is 2.44 bits per heavy atom. The third-order valence-corrected chi connectivity index (χ3v) is 3.65. The molecule has 1 aromatic heterocycles. The Morgan fingerprint density at radius 1 is 1.16 bits per heavy atom. The van der Waals surface area contributed by atoms with Gasteiger partial charge in [0.2, 0.25) is 5.91 Å². The maximum absolute atomic E-state index is 12.0. The second kappa shape index (κ2) is 8.91. The van der Waals surface area contributed by atoms with Gasteiger partial charge in [0.25, 0.3) is 0 Å². The first kappa shape index (κ1) is 18.6. The van der Waals surface area contributed by atoms with Crippen molar-refractivity contribution in [2.45, 2.75) is 26.3 Å². The number of ether oxygens (including phenoxy) is 2. The smallest absolute Gasteiger partial charge is 0.227 e. The maximum Gasteiger partial charge on any atom is 0.227 e. The lowest BCUT2D eigenvalue weighted by atomic mass is 10.2. The van der Waals surface area contributed by atoms with E-state index >= 15 is 0 Å². The molecule has 1 aromatic carbocycles. The molecular weight excluding hydrogens is 322 g/mol. The number of methoxy groups -OCH3 is 2. The highest BCUT2D eigenvalue weighted by molar-refractivity contribution is 5.77. The number of carbonyl (C=O) groups is 1. The standard InChI is InChI=1S/C17H25N5O3/c1-12(2)22-11-20-21-16(22)10-17(23)19-6-5-18-13-7-14(24-3)9-15(8-13)25-4/h7-9,11-12,18H,5-6,10H2,1-4H3,(H,19,23). The fraction of sp³-hybridized carbons (Fsp3) is 0.471. The first-order valence-electron chi connectivity index (χ1n) is 8.15. The van der Waals surface area contributed by atoms with Gasteiger partial charge in [-0.25, -0.2) is 0 Å². The van der Waals surface area contributed by atoms with Crippen molar-refractivity contribution in [1.82, 2.24) is 20.1 Å². The molecular formula is C17H25N5O3. The first-order valence-corrected chi connectivity index (χ1v) is 8.15. The van der Waals surface area contributed by atoms with Crippen LogP contribution in [0, 0.1) is 0 Å². The lowest BCUT2D eigenvalue weighted by Gasteiger charge is -2.12. The second-order valence-electron chi connectivity index (χ2n) is 5.80. The van der Waals surface area contributed by atoms with Gasteiger partial charge in [0.15, 0.2) is 0 Å². The van der Waals surface area contributed by atoms with Gasteiger partial charge in [-0.1, -0.05) is 0 Å². The molecule has 0 atom stereocenters. The van der Waals surface area contributed by atoms with Gasteiger partial charge >= 0.3 is 0 Å². The molecule has 136 valence electrons. The Balaban J connectivity index is 1.79. The minimum Gasteiger partial charge on any atom is -0.497 e. The van der Waals surface area contributed by atoms with Gasteiger partial charge in [0.1, 0.15) is 23.7 Å². The van der Waals surface area contributed by atoms with Crippen LogP contribution in [0.2, 0.25) is 0 Å². The zero-order chi connectivity index (χ0) is 18.2. The van der Waals surface area contributed by atoms with Gasteiger partial charge in [-0.3, -0.25) is 4.79 Å². The molecule has 8 heteroatoms. The molecule has 2 N–H and O–H groups in total. The number of rotatable bonds is 9. The van der Waals surface area contributed by atoms with Crippen molar-refractivity contribution in [3.05, 3.63) is 30.4 Å². The zero-order valence-electron chi connectivity index (χ0n) is 15.1. The van der Waals surface area contributed by atoms with Gasteiger partial charge in [0.05, 0.1) is 20.6 Å². The molecule has 8 nitrogen and oxygen atoms in total. The minimum absolute atomic E-state index is 0.0834. The van der Waals surface area contributed by atoms with Crippen molar-refractivity contribution < 1.29 is 14.3 Å². The Bertz CT molecular complexity index is 677. The van der Waals surface area contributed by atoms with Crippen LogP contribution in [0.1, 0.15) is 25.7 Å². The van der Waals surface area contributed by atoms with E-state index in [1.807, 2.05) is 30.5 Å². The third kappa shape index (κ3) is 5.37. The molecule has 0 saturated heterocycles.